The molecule has 1 amide bonds. The van der Waals surface area contributed by atoms with Crippen LogP contribution in [0.1, 0.15) is 55.9 Å². The molecule has 1 atom stereocenters. The fourth-order valence-electron chi connectivity index (χ4n) is 5.28. The van der Waals surface area contributed by atoms with Gasteiger partial charge in [0.1, 0.15) is 16.5 Å². The highest BCUT2D eigenvalue weighted by Crippen LogP contribution is 2.33. The molecular formula is C32H34ClF2N5O3S. The van der Waals surface area contributed by atoms with Crippen LogP contribution in [-0.2, 0) is 6.42 Å². The van der Waals surface area contributed by atoms with Crippen molar-refractivity contribution in [3.63, 3.8) is 0 Å². The first-order chi connectivity index (χ1) is 21.1. The Kier molecular flexibility index (Phi) is 9.77. The summed E-state index contributed by atoms with van der Waals surface area (Å²) in [5, 5.41) is 5.91. The molecule has 44 heavy (non-hydrogen) atoms. The predicted molar refractivity (Wildman–Crippen MR) is 169 cm³/mol. The zero-order chi connectivity index (χ0) is 31.5. The number of halogens is 3. The number of aromatic nitrogens is 3. The molecule has 1 aromatic carbocycles. The van der Waals surface area contributed by atoms with Crippen LogP contribution in [0.3, 0.4) is 0 Å². The van der Waals surface area contributed by atoms with Crippen LogP contribution in [0, 0.1) is 5.92 Å². The third-order valence-corrected chi connectivity index (χ3v) is 8.40. The summed E-state index contributed by atoms with van der Waals surface area (Å²) < 4.78 is 33.6. The average molecular weight is 642 g/mol. The van der Waals surface area contributed by atoms with Gasteiger partial charge in [0.25, 0.3) is 17.9 Å². The summed E-state index contributed by atoms with van der Waals surface area (Å²) >= 11 is 7.69. The topological polar surface area (TPSA) is 89.3 Å². The lowest BCUT2D eigenvalue weighted by Crippen LogP contribution is -2.51. The molecule has 1 aliphatic rings. The van der Waals surface area contributed by atoms with Crippen molar-refractivity contribution in [3.05, 3.63) is 80.3 Å². The van der Waals surface area contributed by atoms with Gasteiger partial charge < -0.3 is 15.0 Å². The molecule has 4 heterocycles. The summed E-state index contributed by atoms with van der Waals surface area (Å²) in [7, 11) is 0. The molecule has 0 bridgehead atoms. The standard InChI is InChI=1S/C32H34ClF2N5O3S/c1-5-43-28-9-7-21(33)13-27(28)40-26(12-18(2)3)22(31(41)39-11-10-36-19(4)16-39)14-23(32(40)42)30-38-25(17-44-30)20-6-8-24(29(34)35)37-15-20/h6-9,13-15,17-19,29,36H,5,10-12,16H2,1-4H3/t19-/m0/s1. The van der Waals surface area contributed by atoms with Crippen LogP contribution in [0.2, 0.25) is 5.02 Å². The summed E-state index contributed by atoms with van der Waals surface area (Å²) in [6, 6.07) is 9.64. The number of carbonyl (C=O) groups is 1. The van der Waals surface area contributed by atoms with Gasteiger partial charge in [0.2, 0.25) is 0 Å². The van der Waals surface area contributed by atoms with Gasteiger partial charge in [0.15, 0.2) is 0 Å². The number of amides is 1. The molecule has 1 saturated heterocycles. The number of thiazole rings is 1. The maximum absolute atomic E-state index is 14.5. The molecule has 232 valence electrons. The molecule has 12 heteroatoms. The first kappa shape index (κ1) is 31.7. The number of nitrogens with one attached hydrogen (secondary N) is 1. The molecule has 5 rings (SSSR count). The normalized spacial score (nSPS) is 15.3. The molecule has 1 aliphatic heterocycles. The molecule has 0 spiro atoms. The van der Waals surface area contributed by atoms with Crippen LogP contribution >= 0.6 is 22.9 Å². The molecule has 0 radical (unpaired) electrons. The number of hydrogen-bond acceptors (Lipinski definition) is 7. The number of ether oxygens (including phenoxy) is 1. The zero-order valence-electron chi connectivity index (χ0n) is 24.9. The predicted octanol–water partition coefficient (Wildman–Crippen LogP) is 6.65. The number of piperazine rings is 1. The molecule has 3 aromatic heterocycles. The molecule has 1 fully saturated rings. The van der Waals surface area contributed by atoms with Crippen molar-refractivity contribution in [2.75, 3.05) is 26.2 Å². The third kappa shape index (κ3) is 6.69. The number of alkyl halides is 2. The summed E-state index contributed by atoms with van der Waals surface area (Å²) in [6.45, 7) is 10.0. The maximum Gasteiger partial charge on any atom is 0.280 e. The molecule has 0 unspecified atom stereocenters. The Labute approximate surface area is 263 Å². The number of hydrogen-bond donors (Lipinski definition) is 1. The first-order valence-electron chi connectivity index (χ1n) is 14.5. The Bertz CT molecular complexity index is 1710. The second-order valence-corrected chi connectivity index (χ2v) is 12.4. The molecule has 4 aromatic rings. The van der Waals surface area contributed by atoms with Gasteiger partial charge in [-0.25, -0.2) is 13.8 Å². The minimum absolute atomic E-state index is 0.116. The minimum atomic E-state index is -2.68. The monoisotopic (exact) mass is 641 g/mol. The van der Waals surface area contributed by atoms with Crippen molar-refractivity contribution in [1.82, 2.24) is 24.8 Å². The van der Waals surface area contributed by atoms with E-state index in [1.807, 2.05) is 32.6 Å². The summed E-state index contributed by atoms with van der Waals surface area (Å²) in [5.41, 5.74) is 1.96. The summed E-state index contributed by atoms with van der Waals surface area (Å²) in [4.78, 5) is 39.1. The van der Waals surface area contributed by atoms with Gasteiger partial charge in [-0.15, -0.1) is 11.3 Å². The SMILES string of the molecule is CCOc1ccc(Cl)cc1-n1c(CC(C)C)c(C(=O)N2CCN[C@@H](C)C2)cc(-c2nc(-c3ccc(C(F)F)nc3)cs2)c1=O. The van der Waals surface area contributed by atoms with Crippen LogP contribution in [0.15, 0.2) is 52.8 Å². The van der Waals surface area contributed by atoms with Crippen LogP contribution in [0.5, 0.6) is 5.75 Å². The van der Waals surface area contributed by atoms with E-state index < -0.39 is 6.43 Å². The number of nitrogens with zero attached hydrogens (tertiary/aromatic N) is 4. The van der Waals surface area contributed by atoms with Crippen LogP contribution in [-0.4, -0.2) is 57.6 Å². The zero-order valence-corrected chi connectivity index (χ0v) is 26.5. The van der Waals surface area contributed by atoms with E-state index in [1.54, 1.807) is 34.2 Å². The van der Waals surface area contributed by atoms with Gasteiger partial charge >= 0.3 is 0 Å². The highest BCUT2D eigenvalue weighted by atomic mass is 35.5. The Morgan fingerprint density at radius 1 is 1.23 bits per heavy atom. The van der Waals surface area contributed by atoms with Crippen LogP contribution in [0.4, 0.5) is 8.78 Å². The Hall–Kier alpha value is -3.67. The molecule has 0 saturated carbocycles. The van der Waals surface area contributed by atoms with Crippen LogP contribution < -0.4 is 15.6 Å². The highest BCUT2D eigenvalue weighted by Gasteiger charge is 2.29. The maximum atomic E-state index is 14.5. The summed E-state index contributed by atoms with van der Waals surface area (Å²) in [5.74, 6) is 0.401. The van der Waals surface area contributed by atoms with Gasteiger partial charge in [-0.3, -0.25) is 19.1 Å². The van der Waals surface area contributed by atoms with Crippen molar-refractivity contribution >= 4 is 28.8 Å². The fraction of sp³-hybridized carbons (Fsp3) is 0.375. The van der Waals surface area contributed by atoms with E-state index in [0.717, 1.165) is 0 Å². The van der Waals surface area contributed by atoms with E-state index in [2.05, 4.69) is 10.3 Å². The van der Waals surface area contributed by atoms with Gasteiger partial charge in [-0.05, 0) is 62.6 Å². The van der Waals surface area contributed by atoms with Gasteiger partial charge in [-0.1, -0.05) is 25.4 Å². The minimum Gasteiger partial charge on any atom is -0.492 e. The van der Waals surface area contributed by atoms with Gasteiger partial charge in [-0.2, -0.15) is 0 Å². The van der Waals surface area contributed by atoms with Gasteiger partial charge in [0.05, 0.1) is 29.1 Å². The molecule has 1 N–H and O–H groups in total. The lowest BCUT2D eigenvalue weighted by molar-refractivity contribution is 0.0707. The van der Waals surface area contributed by atoms with Crippen molar-refractivity contribution in [3.8, 4) is 33.3 Å². The average Bonchev–Trinajstić information content (AvgIpc) is 3.48. The van der Waals surface area contributed by atoms with E-state index >= 15 is 0 Å². The van der Waals surface area contributed by atoms with Crippen molar-refractivity contribution in [1.29, 1.82) is 0 Å². The Balaban J connectivity index is 1.74. The number of benzene rings is 1. The van der Waals surface area contributed by atoms with E-state index in [0.29, 0.717) is 76.6 Å². The van der Waals surface area contributed by atoms with Crippen molar-refractivity contribution < 1.29 is 18.3 Å². The van der Waals surface area contributed by atoms with E-state index in [1.165, 1.54) is 29.7 Å². The highest BCUT2D eigenvalue weighted by molar-refractivity contribution is 7.13. The van der Waals surface area contributed by atoms with E-state index in [4.69, 9.17) is 21.3 Å². The van der Waals surface area contributed by atoms with Crippen molar-refractivity contribution in [2.24, 2.45) is 5.92 Å². The Morgan fingerprint density at radius 2 is 2.02 bits per heavy atom. The van der Waals surface area contributed by atoms with E-state index in [-0.39, 0.29) is 34.7 Å². The van der Waals surface area contributed by atoms with Crippen LogP contribution in [0.25, 0.3) is 27.5 Å². The number of pyridine rings is 2. The lowest BCUT2D eigenvalue weighted by atomic mass is 9.99. The largest absolute Gasteiger partial charge is 0.492 e. The third-order valence-electron chi connectivity index (χ3n) is 7.29. The Morgan fingerprint density at radius 3 is 2.68 bits per heavy atom. The van der Waals surface area contributed by atoms with Crippen molar-refractivity contribution in [2.45, 2.75) is 46.6 Å². The second kappa shape index (κ2) is 13.5. The number of rotatable bonds is 9. The molecular weight excluding hydrogens is 608 g/mol. The fourth-order valence-corrected chi connectivity index (χ4v) is 6.28. The summed E-state index contributed by atoms with van der Waals surface area (Å²) in [6.07, 6.45) is -0.896. The quantitative estimate of drug-likeness (QED) is 0.220. The van der Waals surface area contributed by atoms with Gasteiger partial charge in [0, 0.05) is 53.5 Å². The smallest absolute Gasteiger partial charge is 0.280 e. The lowest BCUT2D eigenvalue weighted by Gasteiger charge is -2.33. The van der Waals surface area contributed by atoms with E-state index in [9.17, 15) is 18.4 Å². The number of carbonyl (C=O) groups excluding carboxylic acids is 1. The first-order valence-corrected chi connectivity index (χ1v) is 15.8. The molecule has 0 aliphatic carbocycles. The molecule has 8 nitrogen and oxygen atoms in total. The second-order valence-electron chi connectivity index (χ2n) is 11.1.